The van der Waals surface area contributed by atoms with E-state index >= 15 is 0 Å². The molecule has 0 unspecified atom stereocenters. The Morgan fingerprint density at radius 3 is 2.24 bits per heavy atom. The van der Waals surface area contributed by atoms with Crippen molar-refractivity contribution in [1.29, 1.82) is 0 Å². The van der Waals surface area contributed by atoms with E-state index in [0.29, 0.717) is 11.6 Å². The number of aromatic nitrogens is 4. The molecule has 0 atom stereocenters. The molecule has 1 saturated carbocycles. The molecule has 0 saturated heterocycles. The average Bonchev–Trinajstić information content (AvgIpc) is 3.39. The zero-order valence-electron chi connectivity index (χ0n) is 22.9. The van der Waals surface area contributed by atoms with Gasteiger partial charge in [-0.3, -0.25) is 4.57 Å². The lowest BCUT2D eigenvalue weighted by Crippen LogP contribution is -2.52. The number of hydrogen-bond donors (Lipinski definition) is 3. The van der Waals surface area contributed by atoms with Crippen molar-refractivity contribution in [3.63, 3.8) is 0 Å². The van der Waals surface area contributed by atoms with Gasteiger partial charge in [0.1, 0.15) is 11.3 Å². The van der Waals surface area contributed by atoms with Crippen LogP contribution in [0.2, 0.25) is 0 Å². The first-order chi connectivity index (χ1) is 20.6. The highest BCUT2D eigenvalue weighted by Gasteiger charge is 2.40. The van der Waals surface area contributed by atoms with Crippen molar-refractivity contribution in [2.75, 3.05) is 11.1 Å². The number of hydrogen-bond acceptors (Lipinski definition) is 5. The number of fused-ring (bicyclic) bond motifs is 1. The minimum Gasteiger partial charge on any atom is -0.383 e. The van der Waals surface area contributed by atoms with Crippen LogP contribution in [0, 0.1) is 0 Å². The average molecular weight is 552 g/mol. The van der Waals surface area contributed by atoms with Crippen LogP contribution in [0.25, 0.3) is 39.5 Å². The number of rotatable bonds is 6. The third kappa shape index (κ3) is 4.62. The van der Waals surface area contributed by atoms with Gasteiger partial charge in [-0.05, 0) is 73.4 Å². The van der Waals surface area contributed by atoms with Gasteiger partial charge in [-0.1, -0.05) is 60.7 Å². The molecule has 8 heteroatoms. The van der Waals surface area contributed by atoms with Gasteiger partial charge in [-0.25, -0.2) is 19.7 Å². The molecule has 0 aliphatic heterocycles. The van der Waals surface area contributed by atoms with E-state index in [2.05, 4.69) is 39.9 Å². The molecule has 206 valence electrons. The van der Waals surface area contributed by atoms with Crippen molar-refractivity contribution >= 4 is 28.7 Å². The van der Waals surface area contributed by atoms with E-state index < -0.39 is 5.54 Å². The topological polar surface area (TPSA) is 111 Å². The Morgan fingerprint density at radius 1 is 0.810 bits per heavy atom. The van der Waals surface area contributed by atoms with Gasteiger partial charge in [0.25, 0.3) is 0 Å². The first-order valence-electron chi connectivity index (χ1n) is 14.0. The number of nitrogen functional groups attached to an aromatic ring is 1. The maximum Gasteiger partial charge on any atom is 0.319 e. The third-order valence-electron chi connectivity index (χ3n) is 7.92. The highest BCUT2D eigenvalue weighted by atomic mass is 16.2. The quantitative estimate of drug-likeness (QED) is 0.208. The molecule has 6 aromatic rings. The zero-order valence-corrected chi connectivity index (χ0v) is 22.9. The predicted molar refractivity (Wildman–Crippen MR) is 166 cm³/mol. The van der Waals surface area contributed by atoms with Crippen molar-refractivity contribution in [3.8, 4) is 28.3 Å². The van der Waals surface area contributed by atoms with Gasteiger partial charge in [-0.15, -0.1) is 0 Å². The first kappa shape index (κ1) is 25.5. The lowest BCUT2D eigenvalue weighted by molar-refractivity contribution is 0.185. The lowest BCUT2D eigenvalue weighted by Gasteiger charge is -2.43. The minimum atomic E-state index is -0.413. The molecule has 2 amide bonds. The Bertz CT molecular complexity index is 1880. The largest absolute Gasteiger partial charge is 0.383 e. The van der Waals surface area contributed by atoms with E-state index in [0.717, 1.165) is 64.2 Å². The number of benzene rings is 3. The number of para-hydroxylation sites is 1. The van der Waals surface area contributed by atoms with E-state index in [1.807, 2.05) is 89.5 Å². The monoisotopic (exact) mass is 551 g/mol. The van der Waals surface area contributed by atoms with Crippen molar-refractivity contribution in [1.82, 2.24) is 24.8 Å². The molecule has 1 fully saturated rings. The van der Waals surface area contributed by atoms with Crippen molar-refractivity contribution in [2.24, 2.45) is 0 Å². The lowest BCUT2D eigenvalue weighted by atomic mass is 9.72. The van der Waals surface area contributed by atoms with Crippen molar-refractivity contribution < 1.29 is 4.79 Å². The van der Waals surface area contributed by atoms with Gasteiger partial charge in [0, 0.05) is 23.1 Å². The number of nitrogens with one attached hydrogen (secondary N) is 2. The summed E-state index contributed by atoms with van der Waals surface area (Å²) in [5, 5.41) is 6.19. The number of imidazole rings is 1. The second-order valence-corrected chi connectivity index (χ2v) is 10.5. The summed E-state index contributed by atoms with van der Waals surface area (Å²) in [6.07, 6.45) is 4.48. The Morgan fingerprint density at radius 2 is 1.55 bits per heavy atom. The molecule has 0 bridgehead atoms. The van der Waals surface area contributed by atoms with Gasteiger partial charge >= 0.3 is 6.03 Å². The molecule has 3 aromatic heterocycles. The first-order valence-corrected chi connectivity index (χ1v) is 14.0. The van der Waals surface area contributed by atoms with E-state index in [1.54, 1.807) is 6.20 Å². The molecular weight excluding hydrogens is 522 g/mol. The van der Waals surface area contributed by atoms with E-state index in [9.17, 15) is 4.79 Å². The fourth-order valence-corrected chi connectivity index (χ4v) is 5.61. The Labute approximate surface area is 243 Å². The number of carbonyl (C=O) groups excluding carboxylic acids is 1. The summed E-state index contributed by atoms with van der Waals surface area (Å²) < 4.78 is 2.03. The van der Waals surface area contributed by atoms with E-state index in [-0.39, 0.29) is 6.03 Å². The maximum atomic E-state index is 12.9. The van der Waals surface area contributed by atoms with Crippen LogP contribution in [0.5, 0.6) is 0 Å². The molecule has 1 aliphatic carbocycles. The summed E-state index contributed by atoms with van der Waals surface area (Å²) in [7, 11) is 0. The van der Waals surface area contributed by atoms with Crippen LogP contribution < -0.4 is 16.4 Å². The molecule has 0 radical (unpaired) electrons. The Hall–Kier alpha value is -5.50. The molecule has 0 spiro atoms. The summed E-state index contributed by atoms with van der Waals surface area (Å²) in [6, 6.07) is 35.4. The Balaban J connectivity index is 1.28. The standard InChI is InChI=1S/C34H29N7O/c35-30-27(13-7-22-36-30)31-39-29-19-18-28(23-9-3-1-4-10-23)38-32(29)41(31)26-16-14-24(15-17-26)34(20-8-21-34)40-33(42)37-25-11-5-2-6-12-25/h1-7,9-19,22H,8,20-21H2,(H2,35,36)(H2,37,40,42). The van der Waals surface area contributed by atoms with Gasteiger partial charge in [0.2, 0.25) is 0 Å². The number of carbonyl (C=O) groups is 1. The van der Waals surface area contributed by atoms with Crippen LogP contribution in [0.3, 0.4) is 0 Å². The highest BCUT2D eigenvalue weighted by Crippen LogP contribution is 2.42. The number of urea groups is 1. The maximum absolute atomic E-state index is 12.9. The SMILES string of the molecule is Nc1ncccc1-c1nc2ccc(-c3ccccc3)nc2n1-c1ccc(C2(NC(=O)Nc3ccccc3)CCC2)cc1. The summed E-state index contributed by atoms with van der Waals surface area (Å²) >= 11 is 0. The molecular formula is C34H29N7O. The molecule has 7 rings (SSSR count). The second kappa shape index (κ2) is 10.5. The van der Waals surface area contributed by atoms with Crippen LogP contribution in [0.4, 0.5) is 16.3 Å². The Kier molecular flexibility index (Phi) is 6.35. The molecule has 8 nitrogen and oxygen atoms in total. The van der Waals surface area contributed by atoms with Crippen molar-refractivity contribution in [2.45, 2.75) is 24.8 Å². The fourth-order valence-electron chi connectivity index (χ4n) is 5.61. The van der Waals surface area contributed by atoms with E-state index in [1.165, 1.54) is 0 Å². The number of nitrogens with zero attached hydrogens (tertiary/aromatic N) is 4. The number of amides is 2. The zero-order chi connectivity index (χ0) is 28.5. The smallest absolute Gasteiger partial charge is 0.319 e. The molecule has 3 heterocycles. The van der Waals surface area contributed by atoms with Crippen LogP contribution in [0.15, 0.2) is 115 Å². The second-order valence-electron chi connectivity index (χ2n) is 10.5. The number of anilines is 2. The number of pyridine rings is 2. The normalized spacial score (nSPS) is 13.8. The fraction of sp³-hybridized carbons (Fsp3) is 0.118. The van der Waals surface area contributed by atoms with Gasteiger partial charge in [0.05, 0.1) is 16.8 Å². The summed E-state index contributed by atoms with van der Waals surface area (Å²) in [4.78, 5) is 27.2. The third-order valence-corrected chi connectivity index (χ3v) is 7.92. The summed E-state index contributed by atoms with van der Waals surface area (Å²) in [5.41, 5.74) is 12.7. The van der Waals surface area contributed by atoms with E-state index in [4.69, 9.17) is 15.7 Å². The van der Waals surface area contributed by atoms with Gasteiger partial charge in [-0.2, -0.15) is 0 Å². The van der Waals surface area contributed by atoms with Gasteiger partial charge in [0.15, 0.2) is 11.5 Å². The van der Waals surface area contributed by atoms with Crippen LogP contribution in [0.1, 0.15) is 24.8 Å². The molecule has 3 aromatic carbocycles. The van der Waals surface area contributed by atoms with Crippen molar-refractivity contribution in [3.05, 3.63) is 121 Å². The van der Waals surface area contributed by atoms with Crippen LogP contribution >= 0.6 is 0 Å². The molecule has 4 N–H and O–H groups in total. The number of nitrogens with two attached hydrogens (primary N) is 1. The highest BCUT2D eigenvalue weighted by molar-refractivity contribution is 5.90. The summed E-state index contributed by atoms with van der Waals surface area (Å²) in [6.45, 7) is 0. The molecule has 1 aliphatic rings. The molecule has 42 heavy (non-hydrogen) atoms. The van der Waals surface area contributed by atoms with Crippen LogP contribution in [-0.4, -0.2) is 25.6 Å². The predicted octanol–water partition coefficient (Wildman–Crippen LogP) is 6.93. The summed E-state index contributed by atoms with van der Waals surface area (Å²) in [5.74, 6) is 1.07. The minimum absolute atomic E-state index is 0.211. The van der Waals surface area contributed by atoms with Crippen LogP contribution in [-0.2, 0) is 5.54 Å². The van der Waals surface area contributed by atoms with Gasteiger partial charge < -0.3 is 16.4 Å².